The smallest absolute Gasteiger partial charge is 0.0909 e. The largest absolute Gasteiger partial charge is 0.252 e. The lowest BCUT2D eigenvalue weighted by Crippen LogP contribution is -1.88. The Morgan fingerprint density at radius 1 is 0.882 bits per heavy atom. The Morgan fingerprint density at radius 2 is 1.71 bits per heavy atom. The zero-order chi connectivity index (χ0) is 11.7. The quantitative estimate of drug-likeness (QED) is 0.644. The van der Waals surface area contributed by atoms with Crippen LogP contribution < -0.4 is 0 Å². The van der Waals surface area contributed by atoms with Gasteiger partial charge in [0.1, 0.15) is 0 Å². The van der Waals surface area contributed by atoms with E-state index in [4.69, 9.17) is 11.6 Å². The molecule has 0 radical (unpaired) electrons. The van der Waals surface area contributed by atoms with Gasteiger partial charge in [-0.15, -0.1) is 0 Å². The number of benzene rings is 2. The highest BCUT2D eigenvalue weighted by atomic mass is 35.5. The van der Waals surface area contributed by atoms with Crippen molar-refractivity contribution in [2.24, 2.45) is 0 Å². The third-order valence-electron chi connectivity index (χ3n) is 2.57. The molecule has 0 aliphatic carbocycles. The van der Waals surface area contributed by atoms with Crippen molar-refractivity contribution in [3.05, 3.63) is 59.8 Å². The Labute approximate surface area is 104 Å². The molecule has 0 amide bonds. The highest BCUT2D eigenvalue weighted by molar-refractivity contribution is 6.31. The summed E-state index contributed by atoms with van der Waals surface area (Å²) in [4.78, 5) is 8.94. The third kappa shape index (κ3) is 1.99. The van der Waals surface area contributed by atoms with Crippen molar-refractivity contribution < 1.29 is 0 Å². The molecule has 3 aromatic rings. The SMILES string of the molecule is Clc1ccc2ncc(-c3ccccc3)nc2c1. The van der Waals surface area contributed by atoms with E-state index in [1.165, 1.54) is 0 Å². The highest BCUT2D eigenvalue weighted by Crippen LogP contribution is 2.20. The molecule has 0 saturated carbocycles. The zero-order valence-corrected chi connectivity index (χ0v) is 9.72. The van der Waals surface area contributed by atoms with Crippen LogP contribution in [-0.4, -0.2) is 9.97 Å². The lowest BCUT2D eigenvalue weighted by Gasteiger charge is -2.02. The van der Waals surface area contributed by atoms with E-state index in [1.54, 1.807) is 6.20 Å². The average molecular weight is 241 g/mol. The molecule has 0 N–H and O–H groups in total. The first-order chi connectivity index (χ1) is 8.33. The molecule has 2 nitrogen and oxygen atoms in total. The Morgan fingerprint density at radius 3 is 2.53 bits per heavy atom. The van der Waals surface area contributed by atoms with Crippen LogP contribution in [-0.2, 0) is 0 Å². The van der Waals surface area contributed by atoms with E-state index in [0.29, 0.717) is 5.02 Å². The van der Waals surface area contributed by atoms with Crippen LogP contribution in [0.2, 0.25) is 5.02 Å². The summed E-state index contributed by atoms with van der Waals surface area (Å²) in [5.41, 5.74) is 3.59. The van der Waals surface area contributed by atoms with Gasteiger partial charge in [0, 0.05) is 10.6 Å². The maximum absolute atomic E-state index is 5.95. The number of hydrogen-bond acceptors (Lipinski definition) is 2. The summed E-state index contributed by atoms with van der Waals surface area (Å²) >= 11 is 5.95. The molecular formula is C14H9ClN2. The van der Waals surface area contributed by atoms with Crippen LogP contribution in [0.3, 0.4) is 0 Å². The molecule has 0 bridgehead atoms. The average Bonchev–Trinajstić information content (AvgIpc) is 2.39. The van der Waals surface area contributed by atoms with Gasteiger partial charge < -0.3 is 0 Å². The molecule has 82 valence electrons. The van der Waals surface area contributed by atoms with E-state index in [1.807, 2.05) is 48.5 Å². The fourth-order valence-corrected chi connectivity index (χ4v) is 1.90. The van der Waals surface area contributed by atoms with Crippen molar-refractivity contribution in [2.45, 2.75) is 0 Å². The predicted octanol–water partition coefficient (Wildman–Crippen LogP) is 3.95. The Hall–Kier alpha value is -1.93. The molecule has 1 aromatic heterocycles. The lowest BCUT2D eigenvalue weighted by atomic mass is 10.1. The van der Waals surface area contributed by atoms with Crippen molar-refractivity contribution in [2.75, 3.05) is 0 Å². The minimum Gasteiger partial charge on any atom is -0.252 e. The van der Waals surface area contributed by atoms with Crippen molar-refractivity contribution in [1.82, 2.24) is 9.97 Å². The summed E-state index contributed by atoms with van der Waals surface area (Å²) in [5.74, 6) is 0. The summed E-state index contributed by atoms with van der Waals surface area (Å²) < 4.78 is 0. The van der Waals surface area contributed by atoms with E-state index >= 15 is 0 Å². The second-order valence-electron chi connectivity index (χ2n) is 3.75. The molecule has 0 saturated heterocycles. The normalized spacial score (nSPS) is 10.6. The Kier molecular flexibility index (Phi) is 2.50. The Balaban J connectivity index is 2.19. The van der Waals surface area contributed by atoms with Crippen molar-refractivity contribution >= 4 is 22.6 Å². The maximum Gasteiger partial charge on any atom is 0.0909 e. The molecule has 3 rings (SSSR count). The van der Waals surface area contributed by atoms with Crippen LogP contribution >= 0.6 is 11.6 Å². The summed E-state index contributed by atoms with van der Waals surface area (Å²) in [6.45, 7) is 0. The van der Waals surface area contributed by atoms with Crippen molar-refractivity contribution in [3.8, 4) is 11.3 Å². The molecule has 3 heteroatoms. The van der Waals surface area contributed by atoms with Gasteiger partial charge in [-0.1, -0.05) is 41.9 Å². The monoisotopic (exact) mass is 240 g/mol. The van der Waals surface area contributed by atoms with Gasteiger partial charge in [0.15, 0.2) is 0 Å². The van der Waals surface area contributed by atoms with Crippen LogP contribution in [0, 0.1) is 0 Å². The van der Waals surface area contributed by atoms with Gasteiger partial charge in [0.05, 0.1) is 22.9 Å². The Bertz CT molecular complexity index is 665. The second-order valence-corrected chi connectivity index (χ2v) is 4.19. The minimum absolute atomic E-state index is 0.678. The van der Waals surface area contributed by atoms with E-state index in [0.717, 1.165) is 22.3 Å². The second kappa shape index (κ2) is 4.15. The first-order valence-electron chi connectivity index (χ1n) is 5.31. The van der Waals surface area contributed by atoms with Gasteiger partial charge in [-0.3, -0.25) is 4.98 Å². The van der Waals surface area contributed by atoms with Crippen LogP contribution in [0.4, 0.5) is 0 Å². The van der Waals surface area contributed by atoms with Gasteiger partial charge >= 0.3 is 0 Å². The topological polar surface area (TPSA) is 25.8 Å². The number of halogens is 1. The number of nitrogens with zero attached hydrogens (tertiary/aromatic N) is 2. The van der Waals surface area contributed by atoms with E-state index < -0.39 is 0 Å². The molecule has 2 aromatic carbocycles. The van der Waals surface area contributed by atoms with Crippen LogP contribution in [0.25, 0.3) is 22.3 Å². The fraction of sp³-hybridized carbons (Fsp3) is 0. The standard InChI is InChI=1S/C14H9ClN2/c15-11-6-7-12-13(8-11)17-14(9-16-12)10-4-2-1-3-5-10/h1-9H. The predicted molar refractivity (Wildman–Crippen MR) is 70.0 cm³/mol. The lowest BCUT2D eigenvalue weighted by molar-refractivity contribution is 1.29. The number of rotatable bonds is 1. The van der Waals surface area contributed by atoms with Gasteiger partial charge in [-0.2, -0.15) is 0 Å². The van der Waals surface area contributed by atoms with Crippen molar-refractivity contribution in [3.63, 3.8) is 0 Å². The number of hydrogen-bond donors (Lipinski definition) is 0. The summed E-state index contributed by atoms with van der Waals surface area (Å²) in [6.07, 6.45) is 1.78. The molecule has 0 unspecified atom stereocenters. The molecular weight excluding hydrogens is 232 g/mol. The molecule has 0 fully saturated rings. The maximum atomic E-state index is 5.95. The third-order valence-corrected chi connectivity index (χ3v) is 2.81. The van der Waals surface area contributed by atoms with Gasteiger partial charge in [0.25, 0.3) is 0 Å². The van der Waals surface area contributed by atoms with E-state index in [9.17, 15) is 0 Å². The van der Waals surface area contributed by atoms with E-state index in [2.05, 4.69) is 9.97 Å². The molecule has 0 aliphatic rings. The fourth-order valence-electron chi connectivity index (χ4n) is 1.73. The summed E-state index contributed by atoms with van der Waals surface area (Å²) in [6, 6.07) is 15.5. The summed E-state index contributed by atoms with van der Waals surface area (Å²) in [7, 11) is 0. The molecule has 0 atom stereocenters. The highest BCUT2D eigenvalue weighted by Gasteiger charge is 2.02. The van der Waals surface area contributed by atoms with Crippen molar-refractivity contribution in [1.29, 1.82) is 0 Å². The number of aromatic nitrogens is 2. The first-order valence-corrected chi connectivity index (χ1v) is 5.68. The molecule has 0 aliphatic heterocycles. The minimum atomic E-state index is 0.678. The van der Waals surface area contributed by atoms with Gasteiger partial charge in [-0.25, -0.2) is 4.98 Å². The van der Waals surface area contributed by atoms with Crippen LogP contribution in [0.1, 0.15) is 0 Å². The zero-order valence-electron chi connectivity index (χ0n) is 8.97. The van der Waals surface area contributed by atoms with E-state index in [-0.39, 0.29) is 0 Å². The van der Waals surface area contributed by atoms with Crippen LogP contribution in [0.15, 0.2) is 54.7 Å². The summed E-state index contributed by atoms with van der Waals surface area (Å²) in [5, 5.41) is 0.678. The first kappa shape index (κ1) is 10.2. The molecule has 0 spiro atoms. The van der Waals surface area contributed by atoms with Gasteiger partial charge in [0.2, 0.25) is 0 Å². The number of fused-ring (bicyclic) bond motifs is 1. The van der Waals surface area contributed by atoms with Gasteiger partial charge in [-0.05, 0) is 18.2 Å². The van der Waals surface area contributed by atoms with Crippen LogP contribution in [0.5, 0.6) is 0 Å². The molecule has 17 heavy (non-hydrogen) atoms. The molecule has 1 heterocycles.